The van der Waals surface area contributed by atoms with Gasteiger partial charge in [0.1, 0.15) is 18.2 Å². The van der Waals surface area contributed by atoms with E-state index in [0.717, 1.165) is 18.4 Å². The summed E-state index contributed by atoms with van der Waals surface area (Å²) < 4.78 is 23.8. The maximum Gasteiger partial charge on any atom is 0.329 e. The fourth-order valence-corrected chi connectivity index (χ4v) is 2.13. The predicted octanol–water partition coefficient (Wildman–Crippen LogP) is 2.18. The molecular weight excluding hydrogens is 261 g/mol. The van der Waals surface area contributed by atoms with Crippen molar-refractivity contribution in [3.05, 3.63) is 29.6 Å². The first-order valence-electron chi connectivity index (χ1n) is 6.82. The third kappa shape index (κ3) is 3.10. The normalized spacial score (nSPS) is 17.4. The van der Waals surface area contributed by atoms with Crippen molar-refractivity contribution in [2.24, 2.45) is 11.7 Å². The number of aryl methyl sites for hydroxylation is 1. The van der Waals surface area contributed by atoms with Gasteiger partial charge in [-0.2, -0.15) is 0 Å². The van der Waals surface area contributed by atoms with Crippen molar-refractivity contribution in [2.45, 2.75) is 32.2 Å². The van der Waals surface area contributed by atoms with Gasteiger partial charge < -0.3 is 15.2 Å². The highest BCUT2D eigenvalue weighted by molar-refractivity contribution is 5.81. The Morgan fingerprint density at radius 2 is 2.20 bits per heavy atom. The van der Waals surface area contributed by atoms with Gasteiger partial charge in [-0.3, -0.25) is 0 Å². The molecule has 20 heavy (non-hydrogen) atoms. The van der Waals surface area contributed by atoms with Gasteiger partial charge >= 0.3 is 5.97 Å². The first kappa shape index (κ1) is 14.8. The number of hydrogen-bond acceptors (Lipinski definition) is 4. The molecule has 0 heterocycles. The van der Waals surface area contributed by atoms with E-state index in [1.54, 1.807) is 13.0 Å². The number of benzene rings is 1. The van der Waals surface area contributed by atoms with E-state index in [1.165, 1.54) is 12.1 Å². The topological polar surface area (TPSA) is 61.5 Å². The Kier molecular flexibility index (Phi) is 4.28. The number of ether oxygens (including phenoxy) is 2. The molecule has 0 saturated heterocycles. The minimum Gasteiger partial charge on any atom is -0.491 e. The lowest BCUT2D eigenvalue weighted by Gasteiger charge is -2.27. The van der Waals surface area contributed by atoms with E-state index in [1.807, 2.05) is 6.92 Å². The summed E-state index contributed by atoms with van der Waals surface area (Å²) in [5, 5.41) is 0. The van der Waals surface area contributed by atoms with Crippen molar-refractivity contribution < 1.29 is 18.7 Å². The van der Waals surface area contributed by atoms with Crippen molar-refractivity contribution in [3.8, 4) is 5.75 Å². The van der Waals surface area contributed by atoms with Crippen LogP contribution in [0.5, 0.6) is 5.75 Å². The van der Waals surface area contributed by atoms with Gasteiger partial charge in [-0.1, -0.05) is 6.07 Å². The average molecular weight is 281 g/mol. The van der Waals surface area contributed by atoms with Crippen LogP contribution >= 0.6 is 0 Å². The Labute approximate surface area is 118 Å². The van der Waals surface area contributed by atoms with E-state index in [0.29, 0.717) is 5.75 Å². The summed E-state index contributed by atoms with van der Waals surface area (Å²) in [6.45, 7) is 3.83. The number of rotatable bonds is 6. The SMILES string of the molecule is CCOC(=O)C(N)(COc1cc(F)ccc1C)C1CC1. The largest absolute Gasteiger partial charge is 0.491 e. The molecule has 1 saturated carbocycles. The van der Waals surface area contributed by atoms with Crippen molar-refractivity contribution in [3.63, 3.8) is 0 Å². The van der Waals surface area contributed by atoms with Gasteiger partial charge in [-0.05, 0) is 44.2 Å². The van der Waals surface area contributed by atoms with Gasteiger partial charge in [0.2, 0.25) is 0 Å². The molecule has 0 spiro atoms. The minimum atomic E-state index is -1.14. The maximum atomic E-state index is 13.2. The molecule has 0 amide bonds. The Bertz CT molecular complexity index is 502. The van der Waals surface area contributed by atoms with Crippen molar-refractivity contribution in [2.75, 3.05) is 13.2 Å². The summed E-state index contributed by atoms with van der Waals surface area (Å²) in [5.41, 5.74) is 5.83. The highest BCUT2D eigenvalue weighted by Gasteiger charge is 2.50. The molecule has 1 aromatic carbocycles. The zero-order valence-electron chi connectivity index (χ0n) is 11.8. The lowest BCUT2D eigenvalue weighted by atomic mass is 9.96. The number of carbonyl (C=O) groups excluding carboxylic acids is 1. The van der Waals surface area contributed by atoms with Crippen LogP contribution in [0, 0.1) is 18.7 Å². The maximum absolute atomic E-state index is 13.2. The van der Waals surface area contributed by atoms with Gasteiger partial charge in [-0.25, -0.2) is 9.18 Å². The lowest BCUT2D eigenvalue weighted by molar-refractivity contribution is -0.152. The first-order valence-corrected chi connectivity index (χ1v) is 6.82. The number of nitrogens with two attached hydrogens (primary N) is 1. The van der Waals surface area contributed by atoms with E-state index in [9.17, 15) is 9.18 Å². The summed E-state index contributed by atoms with van der Waals surface area (Å²) >= 11 is 0. The van der Waals surface area contributed by atoms with Gasteiger partial charge in [-0.15, -0.1) is 0 Å². The molecule has 1 fully saturated rings. The second-order valence-electron chi connectivity index (χ2n) is 5.23. The van der Waals surface area contributed by atoms with E-state index < -0.39 is 11.5 Å². The van der Waals surface area contributed by atoms with Crippen LogP contribution in [-0.4, -0.2) is 24.7 Å². The van der Waals surface area contributed by atoms with Crippen LogP contribution in [-0.2, 0) is 9.53 Å². The van der Waals surface area contributed by atoms with E-state index in [4.69, 9.17) is 15.2 Å². The smallest absolute Gasteiger partial charge is 0.329 e. The summed E-state index contributed by atoms with van der Waals surface area (Å²) in [4.78, 5) is 12.0. The van der Waals surface area contributed by atoms with Crippen LogP contribution < -0.4 is 10.5 Å². The Morgan fingerprint density at radius 1 is 1.50 bits per heavy atom. The van der Waals surface area contributed by atoms with Crippen molar-refractivity contribution in [1.82, 2.24) is 0 Å². The molecule has 5 heteroatoms. The van der Waals surface area contributed by atoms with Crippen LogP contribution in [0.1, 0.15) is 25.3 Å². The van der Waals surface area contributed by atoms with Gasteiger partial charge in [0.15, 0.2) is 5.54 Å². The van der Waals surface area contributed by atoms with Crippen LogP contribution in [0.15, 0.2) is 18.2 Å². The van der Waals surface area contributed by atoms with Gasteiger partial charge in [0.25, 0.3) is 0 Å². The van der Waals surface area contributed by atoms with Crippen molar-refractivity contribution in [1.29, 1.82) is 0 Å². The van der Waals surface area contributed by atoms with E-state index in [-0.39, 0.29) is 24.9 Å². The fraction of sp³-hybridized carbons (Fsp3) is 0.533. The summed E-state index contributed by atoms with van der Waals surface area (Å²) in [7, 11) is 0. The second kappa shape index (κ2) is 5.79. The Morgan fingerprint density at radius 3 is 2.80 bits per heavy atom. The molecular formula is C15H20FNO3. The van der Waals surface area contributed by atoms with Crippen LogP contribution in [0.2, 0.25) is 0 Å². The first-order chi connectivity index (χ1) is 9.47. The average Bonchev–Trinajstić information content (AvgIpc) is 3.24. The predicted molar refractivity (Wildman–Crippen MR) is 72.9 cm³/mol. The molecule has 4 nitrogen and oxygen atoms in total. The van der Waals surface area contributed by atoms with E-state index >= 15 is 0 Å². The van der Waals surface area contributed by atoms with Gasteiger partial charge in [0.05, 0.1) is 6.61 Å². The highest BCUT2D eigenvalue weighted by Crippen LogP contribution is 2.39. The lowest BCUT2D eigenvalue weighted by Crippen LogP contribution is -2.55. The molecule has 0 bridgehead atoms. The molecule has 1 aliphatic carbocycles. The molecule has 0 aliphatic heterocycles. The van der Waals surface area contributed by atoms with E-state index in [2.05, 4.69) is 0 Å². The molecule has 1 aliphatic rings. The molecule has 0 radical (unpaired) electrons. The van der Waals surface area contributed by atoms with Gasteiger partial charge in [0, 0.05) is 6.07 Å². The zero-order valence-corrected chi connectivity index (χ0v) is 11.8. The van der Waals surface area contributed by atoms with Crippen LogP contribution in [0.3, 0.4) is 0 Å². The monoisotopic (exact) mass is 281 g/mol. The van der Waals surface area contributed by atoms with Crippen molar-refractivity contribution >= 4 is 5.97 Å². The molecule has 1 atom stereocenters. The van der Waals surface area contributed by atoms with Crippen LogP contribution in [0.4, 0.5) is 4.39 Å². The number of halogens is 1. The number of hydrogen-bond donors (Lipinski definition) is 1. The fourth-order valence-electron chi connectivity index (χ4n) is 2.13. The third-order valence-corrected chi connectivity index (χ3v) is 3.58. The summed E-state index contributed by atoms with van der Waals surface area (Å²) in [6.07, 6.45) is 1.78. The standard InChI is InChI=1S/C15H20FNO3/c1-3-19-14(18)15(17,11-5-6-11)9-20-13-8-12(16)7-4-10(13)2/h4,7-8,11H,3,5-6,9,17H2,1-2H3. The molecule has 2 rings (SSSR count). The van der Waals surface area contributed by atoms with Crippen LogP contribution in [0.25, 0.3) is 0 Å². The highest BCUT2D eigenvalue weighted by atomic mass is 19.1. The Balaban J connectivity index is 2.09. The second-order valence-corrected chi connectivity index (χ2v) is 5.23. The molecule has 1 aromatic rings. The Hall–Kier alpha value is -1.62. The number of carbonyl (C=O) groups is 1. The molecule has 0 aromatic heterocycles. The molecule has 1 unspecified atom stereocenters. The third-order valence-electron chi connectivity index (χ3n) is 3.58. The zero-order chi connectivity index (χ0) is 14.8. The quantitative estimate of drug-likeness (QED) is 0.812. The summed E-state index contributed by atoms with van der Waals surface area (Å²) in [6, 6.07) is 4.29. The number of esters is 1. The minimum absolute atomic E-state index is 0.000787. The summed E-state index contributed by atoms with van der Waals surface area (Å²) in [5.74, 6) is -0.340. The molecule has 110 valence electrons. The molecule has 2 N–H and O–H groups in total.